The van der Waals surface area contributed by atoms with Gasteiger partial charge in [-0.2, -0.15) is 0 Å². The van der Waals surface area contributed by atoms with Crippen molar-refractivity contribution >= 4 is 17.5 Å². The molecular weight excluding hydrogens is 321 g/mol. The number of aromatic nitrogens is 1. The van der Waals surface area contributed by atoms with Crippen LogP contribution in [0.5, 0.6) is 0 Å². The summed E-state index contributed by atoms with van der Waals surface area (Å²) in [4.78, 5) is 30.8. The fourth-order valence-corrected chi connectivity index (χ4v) is 2.98. The Morgan fingerprint density at radius 1 is 1.28 bits per heavy atom. The molecule has 1 aliphatic rings. The molecule has 0 spiro atoms. The smallest absolute Gasteiger partial charge is 0.272 e. The van der Waals surface area contributed by atoms with Gasteiger partial charge in [-0.3, -0.25) is 14.6 Å². The number of piperidine rings is 1. The Balaban J connectivity index is 1.75. The minimum absolute atomic E-state index is 0.0991. The van der Waals surface area contributed by atoms with Crippen molar-refractivity contribution in [3.8, 4) is 0 Å². The highest BCUT2D eigenvalue weighted by Crippen LogP contribution is 2.18. The van der Waals surface area contributed by atoms with Gasteiger partial charge in [-0.15, -0.1) is 0 Å². The maximum atomic E-state index is 13.7. The van der Waals surface area contributed by atoms with Crippen LogP contribution in [0.2, 0.25) is 0 Å². The summed E-state index contributed by atoms with van der Waals surface area (Å²) in [7, 11) is 0. The first-order valence-electron chi connectivity index (χ1n) is 8.36. The number of benzene rings is 1. The van der Waals surface area contributed by atoms with Crippen LogP contribution in [0.25, 0.3) is 0 Å². The summed E-state index contributed by atoms with van der Waals surface area (Å²) in [6, 6.07) is 8.90. The number of likely N-dealkylation sites (tertiary alicyclic amines) is 1. The Labute approximate surface area is 145 Å². The van der Waals surface area contributed by atoms with Crippen LogP contribution in [-0.2, 0) is 0 Å². The first-order valence-corrected chi connectivity index (χ1v) is 8.36. The molecule has 1 aromatic carbocycles. The van der Waals surface area contributed by atoms with E-state index in [1.54, 1.807) is 17.0 Å². The molecule has 1 unspecified atom stereocenters. The lowest BCUT2D eigenvalue weighted by Gasteiger charge is -2.30. The Kier molecular flexibility index (Phi) is 5.07. The van der Waals surface area contributed by atoms with E-state index in [4.69, 9.17) is 0 Å². The number of nitrogens with zero attached hydrogens (tertiary/aromatic N) is 2. The highest BCUT2D eigenvalue weighted by Gasteiger charge is 2.23. The fraction of sp³-hybridized carbons (Fsp3) is 0.316. The van der Waals surface area contributed by atoms with Crippen molar-refractivity contribution in [2.75, 3.05) is 18.4 Å². The third-order valence-electron chi connectivity index (χ3n) is 4.31. The fourth-order valence-electron chi connectivity index (χ4n) is 2.98. The number of hydrogen-bond donors (Lipinski definition) is 1. The Morgan fingerprint density at radius 2 is 2.08 bits per heavy atom. The largest absolute Gasteiger partial charge is 0.337 e. The summed E-state index contributed by atoms with van der Waals surface area (Å²) in [6.07, 6.45) is 3.51. The second kappa shape index (κ2) is 7.42. The molecule has 1 N–H and O–H groups in total. The van der Waals surface area contributed by atoms with Crippen LogP contribution in [0.3, 0.4) is 0 Å². The number of para-hydroxylation sites is 1. The Morgan fingerprint density at radius 3 is 2.84 bits per heavy atom. The Bertz CT molecular complexity index is 794. The third kappa shape index (κ3) is 4.02. The van der Waals surface area contributed by atoms with Crippen LogP contribution < -0.4 is 5.32 Å². The van der Waals surface area contributed by atoms with E-state index in [0.717, 1.165) is 12.8 Å². The van der Waals surface area contributed by atoms with Crippen LogP contribution >= 0.6 is 0 Å². The first-order chi connectivity index (χ1) is 12.0. The van der Waals surface area contributed by atoms with Gasteiger partial charge < -0.3 is 10.2 Å². The molecule has 1 fully saturated rings. The highest BCUT2D eigenvalue weighted by molar-refractivity contribution is 6.05. The summed E-state index contributed by atoms with van der Waals surface area (Å²) < 4.78 is 13.7. The van der Waals surface area contributed by atoms with Gasteiger partial charge in [0.1, 0.15) is 11.5 Å². The summed E-state index contributed by atoms with van der Waals surface area (Å²) >= 11 is 0. The van der Waals surface area contributed by atoms with E-state index in [0.29, 0.717) is 19.0 Å². The van der Waals surface area contributed by atoms with Gasteiger partial charge in [0.2, 0.25) is 0 Å². The molecule has 2 heterocycles. The van der Waals surface area contributed by atoms with Crippen LogP contribution in [0.1, 0.15) is 40.6 Å². The average Bonchev–Trinajstić information content (AvgIpc) is 2.63. The zero-order chi connectivity index (χ0) is 17.8. The lowest BCUT2D eigenvalue weighted by atomic mass is 10.00. The molecule has 1 aromatic heterocycles. The van der Waals surface area contributed by atoms with E-state index in [1.165, 1.54) is 30.5 Å². The molecule has 0 bridgehead atoms. The van der Waals surface area contributed by atoms with Gasteiger partial charge in [0.15, 0.2) is 0 Å². The third-order valence-corrected chi connectivity index (χ3v) is 4.31. The minimum atomic E-state index is -0.511. The zero-order valence-corrected chi connectivity index (χ0v) is 14.0. The summed E-state index contributed by atoms with van der Waals surface area (Å²) in [5.74, 6) is -0.700. The quantitative estimate of drug-likeness (QED) is 0.931. The maximum Gasteiger partial charge on any atom is 0.272 e. The molecule has 0 radical (unpaired) electrons. The van der Waals surface area contributed by atoms with E-state index >= 15 is 0 Å². The molecule has 0 aliphatic carbocycles. The van der Waals surface area contributed by atoms with Gasteiger partial charge >= 0.3 is 0 Å². The number of rotatable bonds is 3. The van der Waals surface area contributed by atoms with Crippen molar-refractivity contribution in [1.82, 2.24) is 9.88 Å². The number of amides is 2. The normalized spacial score (nSPS) is 17.2. The van der Waals surface area contributed by atoms with Crippen molar-refractivity contribution in [2.45, 2.75) is 19.8 Å². The van der Waals surface area contributed by atoms with Crippen LogP contribution in [-0.4, -0.2) is 34.8 Å². The van der Waals surface area contributed by atoms with Crippen LogP contribution in [0.15, 0.2) is 42.6 Å². The van der Waals surface area contributed by atoms with Crippen molar-refractivity contribution in [2.24, 2.45) is 5.92 Å². The predicted octanol–water partition coefficient (Wildman–Crippen LogP) is 3.35. The molecular formula is C19H20FN3O2. The number of nitrogens with one attached hydrogen (secondary N) is 1. The SMILES string of the molecule is CC1CCCN(C(=O)c2cc(C(=O)Nc3ccccc3F)ccn2)C1. The number of halogens is 1. The van der Waals surface area contributed by atoms with Gasteiger partial charge in [0.05, 0.1) is 5.69 Å². The summed E-state index contributed by atoms with van der Waals surface area (Å²) in [6.45, 7) is 3.52. The van der Waals surface area contributed by atoms with Gasteiger partial charge in [0, 0.05) is 24.8 Å². The zero-order valence-electron chi connectivity index (χ0n) is 14.0. The number of anilines is 1. The molecule has 0 saturated carbocycles. The lowest BCUT2D eigenvalue weighted by Crippen LogP contribution is -2.39. The van der Waals surface area contributed by atoms with Crippen LogP contribution in [0, 0.1) is 11.7 Å². The number of carbonyl (C=O) groups is 2. The number of hydrogen-bond acceptors (Lipinski definition) is 3. The molecule has 2 amide bonds. The van der Waals surface area contributed by atoms with Gasteiger partial charge in [-0.1, -0.05) is 19.1 Å². The van der Waals surface area contributed by atoms with Gasteiger partial charge in [-0.25, -0.2) is 4.39 Å². The topological polar surface area (TPSA) is 62.3 Å². The molecule has 130 valence electrons. The highest BCUT2D eigenvalue weighted by atomic mass is 19.1. The standard InChI is InChI=1S/C19H20FN3O2/c1-13-5-4-10-23(12-13)19(25)17-11-14(8-9-21-17)18(24)22-16-7-3-2-6-15(16)20/h2-3,6-9,11,13H,4-5,10,12H2,1H3,(H,22,24). The van der Waals surface area contributed by atoms with Crippen molar-refractivity contribution < 1.29 is 14.0 Å². The summed E-state index contributed by atoms with van der Waals surface area (Å²) in [5.41, 5.74) is 0.601. The van der Waals surface area contributed by atoms with E-state index in [9.17, 15) is 14.0 Å². The van der Waals surface area contributed by atoms with E-state index in [-0.39, 0.29) is 22.9 Å². The number of carbonyl (C=O) groups excluding carboxylic acids is 2. The molecule has 1 aliphatic heterocycles. The van der Waals surface area contributed by atoms with Crippen LogP contribution in [0.4, 0.5) is 10.1 Å². The van der Waals surface area contributed by atoms with E-state index in [1.807, 2.05) is 0 Å². The monoisotopic (exact) mass is 341 g/mol. The average molecular weight is 341 g/mol. The second-order valence-corrected chi connectivity index (χ2v) is 6.36. The van der Waals surface area contributed by atoms with Crippen molar-refractivity contribution in [3.05, 3.63) is 59.7 Å². The first kappa shape index (κ1) is 17.1. The minimum Gasteiger partial charge on any atom is -0.337 e. The predicted molar refractivity (Wildman–Crippen MR) is 92.9 cm³/mol. The molecule has 25 heavy (non-hydrogen) atoms. The Hall–Kier alpha value is -2.76. The number of pyridine rings is 1. The second-order valence-electron chi connectivity index (χ2n) is 6.36. The molecule has 5 nitrogen and oxygen atoms in total. The lowest BCUT2D eigenvalue weighted by molar-refractivity contribution is 0.0677. The molecule has 1 atom stereocenters. The molecule has 3 rings (SSSR count). The maximum absolute atomic E-state index is 13.7. The van der Waals surface area contributed by atoms with Crippen molar-refractivity contribution in [3.63, 3.8) is 0 Å². The van der Waals surface area contributed by atoms with Gasteiger partial charge in [-0.05, 0) is 43.0 Å². The summed E-state index contributed by atoms with van der Waals surface area (Å²) in [5, 5.41) is 2.51. The van der Waals surface area contributed by atoms with Gasteiger partial charge in [0.25, 0.3) is 11.8 Å². The van der Waals surface area contributed by atoms with E-state index in [2.05, 4.69) is 17.2 Å². The molecule has 1 saturated heterocycles. The molecule has 2 aromatic rings. The van der Waals surface area contributed by atoms with Crippen molar-refractivity contribution in [1.29, 1.82) is 0 Å². The van der Waals surface area contributed by atoms with E-state index < -0.39 is 11.7 Å². The molecule has 6 heteroatoms.